The van der Waals surface area contributed by atoms with Crippen LogP contribution in [0.2, 0.25) is 0 Å². The fourth-order valence-corrected chi connectivity index (χ4v) is 2.86. The number of aryl methyl sites for hydroxylation is 2. The molecule has 0 aromatic carbocycles. The minimum Gasteiger partial charge on any atom is -0.339 e. The van der Waals surface area contributed by atoms with E-state index in [0.717, 1.165) is 31.3 Å². The van der Waals surface area contributed by atoms with Gasteiger partial charge in [-0.3, -0.25) is 4.68 Å². The van der Waals surface area contributed by atoms with Crippen molar-refractivity contribution in [1.29, 1.82) is 0 Å². The van der Waals surface area contributed by atoms with Crippen molar-refractivity contribution in [2.24, 2.45) is 7.05 Å². The highest BCUT2D eigenvalue weighted by molar-refractivity contribution is 5.29. The van der Waals surface area contributed by atoms with Gasteiger partial charge in [0.1, 0.15) is 0 Å². The third kappa shape index (κ3) is 3.39. The van der Waals surface area contributed by atoms with Crippen LogP contribution in [0.5, 0.6) is 0 Å². The van der Waals surface area contributed by atoms with Crippen molar-refractivity contribution in [3.8, 4) is 0 Å². The van der Waals surface area contributed by atoms with E-state index in [0.29, 0.717) is 6.04 Å². The van der Waals surface area contributed by atoms with Gasteiger partial charge < -0.3 is 10.2 Å². The lowest BCUT2D eigenvalue weighted by Crippen LogP contribution is -2.46. The first kappa shape index (κ1) is 14.0. The zero-order valence-electron chi connectivity index (χ0n) is 12.7. The Hall–Kier alpha value is -1.95. The molecule has 6 nitrogen and oxygen atoms in total. The maximum atomic E-state index is 4.38. The number of hydrogen-bond acceptors (Lipinski definition) is 5. The molecule has 112 valence electrons. The molecule has 1 saturated heterocycles. The summed E-state index contributed by atoms with van der Waals surface area (Å²) in [5, 5.41) is 8.02. The molecule has 0 radical (unpaired) electrons. The van der Waals surface area contributed by atoms with E-state index in [1.165, 1.54) is 18.5 Å². The SMILES string of the molecule is Cc1cc(CNC2CCCN(c3ncccn3)C2)n(C)n1. The number of aromatic nitrogens is 4. The van der Waals surface area contributed by atoms with Crippen LogP contribution >= 0.6 is 0 Å². The summed E-state index contributed by atoms with van der Waals surface area (Å²) in [6.45, 7) is 4.87. The molecule has 0 spiro atoms. The molecule has 1 atom stereocenters. The van der Waals surface area contributed by atoms with Gasteiger partial charge in [0.05, 0.1) is 11.4 Å². The Morgan fingerprint density at radius 2 is 2.14 bits per heavy atom. The quantitative estimate of drug-likeness (QED) is 0.917. The monoisotopic (exact) mass is 286 g/mol. The molecule has 3 heterocycles. The molecule has 2 aromatic rings. The molecule has 0 saturated carbocycles. The van der Waals surface area contributed by atoms with Crippen molar-refractivity contribution in [2.75, 3.05) is 18.0 Å². The summed E-state index contributed by atoms with van der Waals surface area (Å²) in [5.41, 5.74) is 2.29. The Balaban J connectivity index is 1.58. The Kier molecular flexibility index (Phi) is 4.15. The molecule has 1 fully saturated rings. The second-order valence-corrected chi connectivity index (χ2v) is 5.62. The van der Waals surface area contributed by atoms with Crippen molar-refractivity contribution in [3.05, 3.63) is 35.9 Å². The highest BCUT2D eigenvalue weighted by Gasteiger charge is 2.21. The molecule has 6 heteroatoms. The van der Waals surface area contributed by atoms with Gasteiger partial charge in [-0.05, 0) is 31.9 Å². The second kappa shape index (κ2) is 6.22. The summed E-state index contributed by atoms with van der Waals surface area (Å²) in [6.07, 6.45) is 5.97. The van der Waals surface area contributed by atoms with Crippen LogP contribution in [0.4, 0.5) is 5.95 Å². The van der Waals surface area contributed by atoms with Crippen LogP contribution in [0.15, 0.2) is 24.5 Å². The predicted octanol–water partition coefficient (Wildman–Crippen LogP) is 1.28. The third-order valence-electron chi connectivity index (χ3n) is 3.93. The van der Waals surface area contributed by atoms with Crippen molar-refractivity contribution >= 4 is 5.95 Å². The first-order valence-corrected chi connectivity index (χ1v) is 7.47. The van der Waals surface area contributed by atoms with Gasteiger partial charge in [-0.1, -0.05) is 0 Å². The molecule has 2 aromatic heterocycles. The highest BCUT2D eigenvalue weighted by atomic mass is 15.3. The minimum atomic E-state index is 0.470. The molecule has 21 heavy (non-hydrogen) atoms. The molecular weight excluding hydrogens is 264 g/mol. The van der Waals surface area contributed by atoms with E-state index < -0.39 is 0 Å². The van der Waals surface area contributed by atoms with Crippen LogP contribution in [0.25, 0.3) is 0 Å². The van der Waals surface area contributed by atoms with E-state index in [-0.39, 0.29) is 0 Å². The van der Waals surface area contributed by atoms with Gasteiger partial charge in [0.25, 0.3) is 0 Å². The second-order valence-electron chi connectivity index (χ2n) is 5.62. The van der Waals surface area contributed by atoms with Crippen LogP contribution < -0.4 is 10.2 Å². The van der Waals surface area contributed by atoms with Gasteiger partial charge in [0, 0.05) is 45.1 Å². The fraction of sp³-hybridized carbons (Fsp3) is 0.533. The summed E-state index contributed by atoms with van der Waals surface area (Å²) in [5.74, 6) is 0.834. The number of anilines is 1. The third-order valence-corrected chi connectivity index (χ3v) is 3.93. The van der Waals surface area contributed by atoms with Crippen molar-refractivity contribution in [1.82, 2.24) is 25.1 Å². The molecule has 0 amide bonds. The van der Waals surface area contributed by atoms with Crippen LogP contribution in [0.1, 0.15) is 24.2 Å². The van der Waals surface area contributed by atoms with Crippen LogP contribution in [-0.4, -0.2) is 38.9 Å². The smallest absolute Gasteiger partial charge is 0.225 e. The molecule has 1 aliphatic rings. The normalized spacial score (nSPS) is 19.0. The van der Waals surface area contributed by atoms with Gasteiger partial charge in [-0.15, -0.1) is 0 Å². The van der Waals surface area contributed by atoms with Gasteiger partial charge in [-0.25, -0.2) is 9.97 Å². The molecule has 1 unspecified atom stereocenters. The summed E-state index contributed by atoms with van der Waals surface area (Å²) in [7, 11) is 2.00. The molecule has 3 rings (SSSR count). The molecule has 1 aliphatic heterocycles. The Bertz CT molecular complexity index is 579. The van der Waals surface area contributed by atoms with Crippen molar-refractivity contribution in [2.45, 2.75) is 32.4 Å². The van der Waals surface area contributed by atoms with Crippen LogP contribution in [0, 0.1) is 6.92 Å². The van der Waals surface area contributed by atoms with E-state index >= 15 is 0 Å². The van der Waals surface area contributed by atoms with Gasteiger partial charge in [0.15, 0.2) is 0 Å². The summed E-state index contributed by atoms with van der Waals surface area (Å²) >= 11 is 0. The van der Waals surface area contributed by atoms with Crippen molar-refractivity contribution < 1.29 is 0 Å². The van der Waals surface area contributed by atoms with Gasteiger partial charge >= 0.3 is 0 Å². The predicted molar refractivity (Wildman–Crippen MR) is 82.1 cm³/mol. The molecule has 0 bridgehead atoms. The number of piperidine rings is 1. The summed E-state index contributed by atoms with van der Waals surface area (Å²) < 4.78 is 1.95. The van der Waals surface area contributed by atoms with Gasteiger partial charge in [0.2, 0.25) is 5.95 Å². The van der Waals surface area contributed by atoms with Crippen LogP contribution in [-0.2, 0) is 13.6 Å². The summed E-state index contributed by atoms with van der Waals surface area (Å²) in [4.78, 5) is 11.0. The average Bonchev–Trinajstić information content (AvgIpc) is 2.84. The fourth-order valence-electron chi connectivity index (χ4n) is 2.86. The molecule has 1 N–H and O–H groups in total. The molecule has 0 aliphatic carbocycles. The van der Waals surface area contributed by atoms with E-state index in [9.17, 15) is 0 Å². The van der Waals surface area contributed by atoms with Gasteiger partial charge in [-0.2, -0.15) is 5.10 Å². The zero-order valence-corrected chi connectivity index (χ0v) is 12.7. The maximum Gasteiger partial charge on any atom is 0.225 e. The first-order valence-electron chi connectivity index (χ1n) is 7.47. The number of hydrogen-bond donors (Lipinski definition) is 1. The van der Waals surface area contributed by atoms with E-state index in [1.807, 2.05) is 24.7 Å². The van der Waals surface area contributed by atoms with Crippen molar-refractivity contribution in [3.63, 3.8) is 0 Å². The Morgan fingerprint density at radius 3 is 2.86 bits per heavy atom. The highest BCUT2D eigenvalue weighted by Crippen LogP contribution is 2.15. The number of rotatable bonds is 4. The number of nitrogens with zero attached hydrogens (tertiary/aromatic N) is 5. The lowest BCUT2D eigenvalue weighted by atomic mass is 10.1. The average molecular weight is 286 g/mol. The Labute approximate surface area is 125 Å². The van der Waals surface area contributed by atoms with E-state index in [1.54, 1.807) is 12.4 Å². The van der Waals surface area contributed by atoms with E-state index in [2.05, 4.69) is 31.3 Å². The summed E-state index contributed by atoms with van der Waals surface area (Å²) in [6, 6.07) is 4.46. The maximum absolute atomic E-state index is 4.38. The number of nitrogens with one attached hydrogen (secondary N) is 1. The van der Waals surface area contributed by atoms with Crippen LogP contribution in [0.3, 0.4) is 0 Å². The largest absolute Gasteiger partial charge is 0.339 e. The first-order chi connectivity index (χ1) is 10.2. The Morgan fingerprint density at radius 1 is 1.33 bits per heavy atom. The minimum absolute atomic E-state index is 0.470. The zero-order chi connectivity index (χ0) is 14.7. The topological polar surface area (TPSA) is 58.9 Å². The standard InChI is InChI=1S/C15H22N6/c1-12-9-14(20(2)19-12)10-18-13-5-3-8-21(11-13)15-16-6-4-7-17-15/h4,6-7,9,13,18H,3,5,8,10-11H2,1-2H3. The molecular formula is C15H22N6. The lowest BCUT2D eigenvalue weighted by Gasteiger charge is -2.33. The lowest BCUT2D eigenvalue weighted by molar-refractivity contribution is 0.412. The van der Waals surface area contributed by atoms with E-state index in [4.69, 9.17) is 0 Å².